The molecule has 0 amide bonds. The first kappa shape index (κ1) is 19.5. The molecule has 3 N–H and O–H groups in total. The number of aryl methyl sites for hydroxylation is 1. The van der Waals surface area contributed by atoms with Crippen molar-refractivity contribution in [1.82, 2.24) is 14.7 Å². The minimum Gasteiger partial charge on any atom is -0.369 e. The van der Waals surface area contributed by atoms with Gasteiger partial charge in [0.25, 0.3) is 5.69 Å². The number of benzene rings is 1. The molecule has 0 fully saturated rings. The number of nitrogens with zero attached hydrogens (tertiary/aromatic N) is 3. The molecule has 1 aromatic heterocycles. The van der Waals surface area contributed by atoms with Crippen LogP contribution in [0.3, 0.4) is 0 Å². The summed E-state index contributed by atoms with van der Waals surface area (Å²) in [4.78, 5) is 18.5. The Morgan fingerprint density at radius 2 is 1.81 bits per heavy atom. The van der Waals surface area contributed by atoms with Crippen LogP contribution in [0.2, 0.25) is 0 Å². The van der Waals surface area contributed by atoms with E-state index in [-0.39, 0.29) is 17.1 Å². The number of nitro benzene ring substituents is 1. The van der Waals surface area contributed by atoms with Gasteiger partial charge in [-0.15, -0.1) is 0 Å². The van der Waals surface area contributed by atoms with E-state index in [4.69, 9.17) is 0 Å². The van der Waals surface area contributed by atoms with Gasteiger partial charge in [-0.25, -0.2) is 18.1 Å². The number of nitro groups is 1. The van der Waals surface area contributed by atoms with Crippen molar-refractivity contribution in [3.63, 3.8) is 0 Å². The van der Waals surface area contributed by atoms with Crippen molar-refractivity contribution in [2.45, 2.75) is 18.7 Å². The molecule has 0 unspecified atom stereocenters. The lowest BCUT2D eigenvalue weighted by atomic mass is 10.3. The average Bonchev–Trinajstić information content (AvgIpc) is 2.59. The van der Waals surface area contributed by atoms with Crippen LogP contribution in [-0.2, 0) is 10.0 Å². The molecule has 0 aliphatic heterocycles. The van der Waals surface area contributed by atoms with E-state index >= 15 is 0 Å². The third kappa shape index (κ3) is 5.36. The Balaban J connectivity index is 1.91. The van der Waals surface area contributed by atoms with Crippen LogP contribution >= 0.6 is 0 Å². The first-order valence-electron chi connectivity index (χ1n) is 7.89. The summed E-state index contributed by atoms with van der Waals surface area (Å²) in [5.41, 5.74) is 0.617. The second-order valence-corrected chi connectivity index (χ2v) is 7.09. The SMILES string of the molecule is CCNc1nc(C)cc(NCCNS(=O)(=O)c2ccc([N+](=O)[O-])cc2)n1. The number of rotatable bonds is 9. The van der Waals surface area contributed by atoms with Crippen molar-refractivity contribution in [3.05, 3.63) is 46.1 Å². The lowest BCUT2D eigenvalue weighted by Crippen LogP contribution is -2.29. The van der Waals surface area contributed by atoms with Gasteiger partial charge in [-0.3, -0.25) is 10.1 Å². The van der Waals surface area contributed by atoms with Crippen LogP contribution in [0, 0.1) is 17.0 Å². The fourth-order valence-corrected chi connectivity index (χ4v) is 3.13. The Kier molecular flexibility index (Phi) is 6.41. The van der Waals surface area contributed by atoms with Gasteiger partial charge in [0.15, 0.2) is 0 Å². The maximum atomic E-state index is 12.2. The second kappa shape index (κ2) is 8.54. The summed E-state index contributed by atoms with van der Waals surface area (Å²) in [6.07, 6.45) is 0. The fraction of sp³-hybridized carbons (Fsp3) is 0.333. The molecule has 0 aliphatic rings. The largest absolute Gasteiger partial charge is 0.369 e. The van der Waals surface area contributed by atoms with Gasteiger partial charge in [0.2, 0.25) is 16.0 Å². The van der Waals surface area contributed by atoms with Gasteiger partial charge in [-0.2, -0.15) is 4.98 Å². The van der Waals surface area contributed by atoms with Gasteiger partial charge in [0, 0.05) is 43.5 Å². The standard InChI is InChI=1S/C15H20N6O4S/c1-3-16-15-19-11(2)10-14(20-15)17-8-9-18-26(24,25)13-6-4-12(5-7-13)21(22)23/h4-7,10,18H,3,8-9H2,1-2H3,(H2,16,17,19,20). The van der Waals surface area contributed by atoms with Crippen LogP contribution in [0.1, 0.15) is 12.6 Å². The molecule has 0 saturated heterocycles. The molecule has 140 valence electrons. The molecule has 1 heterocycles. The molecule has 26 heavy (non-hydrogen) atoms. The van der Waals surface area contributed by atoms with Crippen LogP contribution < -0.4 is 15.4 Å². The molecule has 10 nitrogen and oxygen atoms in total. The van der Waals surface area contributed by atoms with Crippen LogP contribution in [0.25, 0.3) is 0 Å². The van der Waals surface area contributed by atoms with Gasteiger partial charge < -0.3 is 10.6 Å². The lowest BCUT2D eigenvalue weighted by molar-refractivity contribution is -0.384. The smallest absolute Gasteiger partial charge is 0.269 e. The Morgan fingerprint density at radius 1 is 1.12 bits per heavy atom. The zero-order chi connectivity index (χ0) is 19.2. The Bertz CT molecular complexity index is 870. The Labute approximate surface area is 151 Å². The normalized spacial score (nSPS) is 11.2. The van der Waals surface area contributed by atoms with E-state index in [1.54, 1.807) is 6.07 Å². The molecule has 0 atom stereocenters. The van der Waals surface area contributed by atoms with E-state index in [0.717, 1.165) is 17.8 Å². The quantitative estimate of drug-likeness (QED) is 0.338. The van der Waals surface area contributed by atoms with E-state index in [0.29, 0.717) is 24.9 Å². The van der Waals surface area contributed by atoms with E-state index in [1.165, 1.54) is 12.1 Å². The fourth-order valence-electron chi connectivity index (χ4n) is 2.10. The highest BCUT2D eigenvalue weighted by Crippen LogP contribution is 2.15. The summed E-state index contributed by atoms with van der Waals surface area (Å²) >= 11 is 0. The number of non-ortho nitro benzene ring substituents is 1. The van der Waals surface area contributed by atoms with Gasteiger partial charge in [-0.05, 0) is 26.0 Å². The monoisotopic (exact) mass is 380 g/mol. The number of aromatic nitrogens is 2. The molecule has 2 aromatic rings. The number of nitrogens with one attached hydrogen (secondary N) is 3. The lowest BCUT2D eigenvalue weighted by Gasteiger charge is -2.10. The predicted molar refractivity (Wildman–Crippen MR) is 97.7 cm³/mol. The molecule has 0 saturated carbocycles. The van der Waals surface area contributed by atoms with Crippen LogP contribution in [0.4, 0.5) is 17.5 Å². The van der Waals surface area contributed by atoms with Gasteiger partial charge in [0.05, 0.1) is 9.82 Å². The maximum Gasteiger partial charge on any atom is 0.269 e. The van der Waals surface area contributed by atoms with E-state index < -0.39 is 14.9 Å². The average molecular weight is 380 g/mol. The van der Waals surface area contributed by atoms with Crippen molar-refractivity contribution < 1.29 is 13.3 Å². The molecule has 0 radical (unpaired) electrons. The summed E-state index contributed by atoms with van der Waals surface area (Å²) < 4.78 is 26.8. The molecule has 1 aromatic carbocycles. The third-order valence-corrected chi connectivity index (χ3v) is 4.75. The molecule has 11 heteroatoms. The molecule has 0 spiro atoms. The molecule has 0 aliphatic carbocycles. The highest BCUT2D eigenvalue weighted by atomic mass is 32.2. The van der Waals surface area contributed by atoms with Gasteiger partial charge >= 0.3 is 0 Å². The van der Waals surface area contributed by atoms with Crippen LogP contribution in [-0.4, -0.2) is 42.9 Å². The highest BCUT2D eigenvalue weighted by molar-refractivity contribution is 7.89. The molecular weight excluding hydrogens is 360 g/mol. The predicted octanol–water partition coefficient (Wildman–Crippen LogP) is 1.52. The zero-order valence-electron chi connectivity index (χ0n) is 14.4. The van der Waals surface area contributed by atoms with Crippen molar-refractivity contribution in [2.75, 3.05) is 30.3 Å². The van der Waals surface area contributed by atoms with E-state index in [2.05, 4.69) is 25.3 Å². The third-order valence-electron chi connectivity index (χ3n) is 3.27. The minimum absolute atomic E-state index is 0.0320. The van der Waals surface area contributed by atoms with Crippen LogP contribution in [0.5, 0.6) is 0 Å². The molecule has 0 bridgehead atoms. The second-order valence-electron chi connectivity index (χ2n) is 5.32. The van der Waals surface area contributed by atoms with Crippen molar-refractivity contribution in [2.24, 2.45) is 0 Å². The number of hydrogen-bond acceptors (Lipinski definition) is 8. The van der Waals surface area contributed by atoms with Gasteiger partial charge in [0.1, 0.15) is 5.82 Å². The Hall–Kier alpha value is -2.79. The first-order chi connectivity index (χ1) is 12.3. The molecule has 2 rings (SSSR count). The van der Waals surface area contributed by atoms with Crippen LogP contribution in [0.15, 0.2) is 35.2 Å². The van der Waals surface area contributed by atoms with Crippen molar-refractivity contribution in [1.29, 1.82) is 0 Å². The van der Waals surface area contributed by atoms with E-state index in [9.17, 15) is 18.5 Å². The number of anilines is 2. The maximum absolute atomic E-state index is 12.2. The highest BCUT2D eigenvalue weighted by Gasteiger charge is 2.15. The van der Waals surface area contributed by atoms with Crippen molar-refractivity contribution in [3.8, 4) is 0 Å². The number of hydrogen-bond donors (Lipinski definition) is 3. The van der Waals surface area contributed by atoms with Crippen molar-refractivity contribution >= 4 is 27.5 Å². The van der Waals surface area contributed by atoms with Gasteiger partial charge in [-0.1, -0.05) is 0 Å². The summed E-state index contributed by atoms with van der Waals surface area (Å²) in [5, 5.41) is 16.7. The number of sulfonamides is 1. The topological polar surface area (TPSA) is 139 Å². The summed E-state index contributed by atoms with van der Waals surface area (Å²) in [7, 11) is -3.74. The summed E-state index contributed by atoms with van der Waals surface area (Å²) in [6.45, 7) is 4.90. The molecular formula is C15H20N6O4S. The summed E-state index contributed by atoms with van der Waals surface area (Å²) in [5.74, 6) is 1.09. The zero-order valence-corrected chi connectivity index (χ0v) is 15.2. The first-order valence-corrected chi connectivity index (χ1v) is 9.37. The Morgan fingerprint density at radius 3 is 2.42 bits per heavy atom. The summed E-state index contributed by atoms with van der Waals surface area (Å²) in [6, 6.07) is 6.46. The minimum atomic E-state index is -3.74. The van der Waals surface area contributed by atoms with E-state index in [1.807, 2.05) is 13.8 Å².